The Hall–Kier alpha value is -1.44. The average Bonchev–Trinajstić information content (AvgIpc) is 2.77. The maximum Gasteiger partial charge on any atom is 0.236 e. The summed E-state index contributed by atoms with van der Waals surface area (Å²) in [5, 5.41) is 13.8. The van der Waals surface area contributed by atoms with Crippen molar-refractivity contribution in [2.45, 2.75) is 39.8 Å². The smallest absolute Gasteiger partial charge is 0.236 e. The molecule has 24 heavy (non-hydrogen) atoms. The second kappa shape index (κ2) is 7.63. The van der Waals surface area contributed by atoms with Crippen molar-refractivity contribution < 1.29 is 14.4 Å². The molecule has 0 radical (unpaired) electrons. The molecule has 0 spiro atoms. The Morgan fingerprint density at radius 1 is 1.29 bits per heavy atom. The number of hydrogen-bond acceptors (Lipinski definition) is 6. The zero-order valence-corrected chi connectivity index (χ0v) is 15.5. The van der Waals surface area contributed by atoms with Gasteiger partial charge in [0.15, 0.2) is 0 Å². The fraction of sp³-hybridized carbons (Fsp3) is 0.765. The van der Waals surface area contributed by atoms with Crippen LogP contribution in [0, 0.1) is 13.8 Å². The van der Waals surface area contributed by atoms with Gasteiger partial charge in [-0.1, -0.05) is 5.16 Å². The van der Waals surface area contributed by atoms with Crippen molar-refractivity contribution in [3.8, 4) is 0 Å². The first-order valence-corrected chi connectivity index (χ1v) is 8.48. The molecule has 1 amide bonds. The minimum absolute atomic E-state index is 0.124. The molecular weight excluding hydrogens is 308 g/mol. The Balaban J connectivity index is 1.79. The van der Waals surface area contributed by atoms with E-state index in [0.29, 0.717) is 13.1 Å². The Kier molecular flexibility index (Phi) is 6.01. The molecule has 1 aromatic rings. The first-order valence-electron chi connectivity index (χ1n) is 8.48. The molecule has 0 unspecified atom stereocenters. The lowest BCUT2D eigenvalue weighted by atomic mass is 10.1. The zero-order chi connectivity index (χ0) is 17.9. The third-order valence-electron chi connectivity index (χ3n) is 4.35. The molecule has 136 valence electrons. The summed E-state index contributed by atoms with van der Waals surface area (Å²) in [7, 11) is 1.86. The van der Waals surface area contributed by atoms with E-state index in [1.807, 2.05) is 30.7 Å². The second-order valence-corrected chi connectivity index (χ2v) is 7.44. The van der Waals surface area contributed by atoms with Gasteiger partial charge in [-0.05, 0) is 34.7 Å². The molecule has 1 aliphatic rings. The highest BCUT2D eigenvalue weighted by Gasteiger charge is 2.24. The van der Waals surface area contributed by atoms with Crippen molar-refractivity contribution in [3.63, 3.8) is 0 Å². The van der Waals surface area contributed by atoms with Crippen LogP contribution in [0.15, 0.2) is 4.52 Å². The summed E-state index contributed by atoms with van der Waals surface area (Å²) in [6, 6.07) is 0. The quantitative estimate of drug-likeness (QED) is 0.821. The molecule has 7 heteroatoms. The van der Waals surface area contributed by atoms with Crippen LogP contribution in [0.5, 0.6) is 0 Å². The van der Waals surface area contributed by atoms with Gasteiger partial charge in [0.05, 0.1) is 17.8 Å². The molecule has 0 aliphatic carbocycles. The first-order chi connectivity index (χ1) is 11.2. The average molecular weight is 338 g/mol. The van der Waals surface area contributed by atoms with Crippen LogP contribution in [0.3, 0.4) is 0 Å². The number of carbonyl (C=O) groups excluding carboxylic acids is 1. The van der Waals surface area contributed by atoms with Crippen LogP contribution in [-0.2, 0) is 11.3 Å². The number of amides is 1. The third-order valence-corrected chi connectivity index (χ3v) is 4.35. The Morgan fingerprint density at radius 3 is 2.42 bits per heavy atom. The summed E-state index contributed by atoms with van der Waals surface area (Å²) >= 11 is 0. The van der Waals surface area contributed by atoms with E-state index >= 15 is 0 Å². The first kappa shape index (κ1) is 18.9. The van der Waals surface area contributed by atoms with E-state index in [9.17, 15) is 9.90 Å². The van der Waals surface area contributed by atoms with Crippen molar-refractivity contribution >= 4 is 5.91 Å². The van der Waals surface area contributed by atoms with Crippen LogP contribution in [0.4, 0.5) is 0 Å². The monoisotopic (exact) mass is 338 g/mol. The third kappa shape index (κ3) is 5.29. The summed E-state index contributed by atoms with van der Waals surface area (Å²) < 4.78 is 5.21. The molecule has 0 atom stereocenters. The molecule has 0 aromatic carbocycles. The molecule has 1 N–H and O–H groups in total. The molecular formula is C17H30N4O3. The van der Waals surface area contributed by atoms with Crippen molar-refractivity contribution in [2.75, 3.05) is 46.3 Å². The van der Waals surface area contributed by atoms with E-state index in [4.69, 9.17) is 4.52 Å². The maximum atomic E-state index is 12.4. The molecule has 1 aliphatic heterocycles. The predicted molar refractivity (Wildman–Crippen MR) is 91.6 cm³/mol. The topological polar surface area (TPSA) is 73.1 Å². The largest absolute Gasteiger partial charge is 0.389 e. The summed E-state index contributed by atoms with van der Waals surface area (Å²) in [6.45, 7) is 12.2. The lowest BCUT2D eigenvalue weighted by Gasteiger charge is -2.36. The Bertz CT molecular complexity index is 537. The van der Waals surface area contributed by atoms with Crippen LogP contribution >= 0.6 is 0 Å². The number of nitrogens with zero attached hydrogens (tertiary/aromatic N) is 4. The highest BCUT2D eigenvalue weighted by molar-refractivity contribution is 5.78. The number of hydrogen-bond donors (Lipinski definition) is 1. The van der Waals surface area contributed by atoms with Crippen molar-refractivity contribution in [1.29, 1.82) is 0 Å². The van der Waals surface area contributed by atoms with Crippen LogP contribution in [0.2, 0.25) is 0 Å². The second-order valence-electron chi connectivity index (χ2n) is 7.44. The van der Waals surface area contributed by atoms with Gasteiger partial charge in [0, 0.05) is 44.8 Å². The van der Waals surface area contributed by atoms with Gasteiger partial charge >= 0.3 is 0 Å². The molecule has 1 saturated heterocycles. The molecule has 1 fully saturated rings. The van der Waals surface area contributed by atoms with Gasteiger partial charge in [-0.3, -0.25) is 14.6 Å². The number of likely N-dealkylation sites (N-methyl/N-ethyl adjacent to an activating group) is 1. The normalized spacial score (nSPS) is 16.9. The maximum absolute atomic E-state index is 12.4. The van der Waals surface area contributed by atoms with E-state index in [2.05, 4.69) is 10.1 Å². The summed E-state index contributed by atoms with van der Waals surface area (Å²) in [4.78, 5) is 18.5. The van der Waals surface area contributed by atoms with Gasteiger partial charge in [-0.15, -0.1) is 0 Å². The van der Waals surface area contributed by atoms with Crippen LogP contribution in [0.25, 0.3) is 0 Å². The highest BCUT2D eigenvalue weighted by atomic mass is 16.5. The Labute approximate surface area is 144 Å². The minimum atomic E-state index is -0.790. The molecule has 1 aromatic heterocycles. The Morgan fingerprint density at radius 2 is 1.92 bits per heavy atom. The zero-order valence-electron chi connectivity index (χ0n) is 15.5. The van der Waals surface area contributed by atoms with Crippen molar-refractivity contribution in [2.24, 2.45) is 0 Å². The minimum Gasteiger partial charge on any atom is -0.389 e. The van der Waals surface area contributed by atoms with E-state index in [0.717, 1.165) is 49.7 Å². The van der Waals surface area contributed by atoms with Crippen molar-refractivity contribution in [3.05, 3.63) is 17.0 Å². The highest BCUT2D eigenvalue weighted by Crippen LogP contribution is 2.16. The van der Waals surface area contributed by atoms with Gasteiger partial charge in [0.2, 0.25) is 5.91 Å². The predicted octanol–water partition coefficient (Wildman–Crippen LogP) is 0.638. The molecule has 7 nitrogen and oxygen atoms in total. The van der Waals surface area contributed by atoms with Gasteiger partial charge in [-0.2, -0.15) is 0 Å². The number of aromatic nitrogens is 1. The van der Waals surface area contributed by atoms with Crippen molar-refractivity contribution in [1.82, 2.24) is 19.9 Å². The molecule has 2 heterocycles. The standard InChI is InChI=1S/C17H30N4O3/c1-13-15(14(2)24-18-13)10-20-6-8-21(9-7-20)16(22)11-19(5)12-17(3,4)23/h23H,6-12H2,1-5H3. The molecule has 2 rings (SSSR count). The van der Waals surface area contributed by atoms with Gasteiger partial charge in [-0.25, -0.2) is 0 Å². The van der Waals surface area contributed by atoms with E-state index in [-0.39, 0.29) is 5.91 Å². The van der Waals surface area contributed by atoms with E-state index in [1.165, 1.54) is 0 Å². The lowest BCUT2D eigenvalue weighted by molar-refractivity contribution is -0.134. The number of rotatable bonds is 6. The number of aliphatic hydroxyl groups is 1. The lowest BCUT2D eigenvalue weighted by Crippen LogP contribution is -2.51. The van der Waals surface area contributed by atoms with Gasteiger partial charge in [0.1, 0.15) is 5.76 Å². The number of aryl methyl sites for hydroxylation is 2. The summed E-state index contributed by atoms with van der Waals surface area (Å²) in [6.07, 6.45) is 0. The molecule has 0 saturated carbocycles. The fourth-order valence-corrected chi connectivity index (χ4v) is 3.15. The summed E-state index contributed by atoms with van der Waals surface area (Å²) in [5.41, 5.74) is 1.31. The molecule has 0 bridgehead atoms. The van der Waals surface area contributed by atoms with Gasteiger partial charge in [0.25, 0.3) is 0 Å². The van der Waals surface area contributed by atoms with E-state index in [1.54, 1.807) is 13.8 Å². The van der Waals surface area contributed by atoms with Crippen LogP contribution in [-0.4, -0.2) is 82.8 Å². The summed E-state index contributed by atoms with van der Waals surface area (Å²) in [5.74, 6) is 0.998. The van der Waals surface area contributed by atoms with Crippen LogP contribution < -0.4 is 0 Å². The number of piperazine rings is 1. The van der Waals surface area contributed by atoms with Gasteiger partial charge < -0.3 is 14.5 Å². The fourth-order valence-electron chi connectivity index (χ4n) is 3.15. The van der Waals surface area contributed by atoms with Crippen LogP contribution in [0.1, 0.15) is 30.9 Å². The number of carbonyl (C=O) groups is 1. The SMILES string of the molecule is Cc1noc(C)c1CN1CCN(C(=O)CN(C)CC(C)(C)O)CC1. The van der Waals surface area contributed by atoms with E-state index < -0.39 is 5.60 Å².